The van der Waals surface area contributed by atoms with Crippen LogP contribution in [-0.2, 0) is 13.1 Å². The average molecular weight is 554 g/mol. The largest absolute Gasteiger partial charge is 0.493 e. The molecule has 1 saturated heterocycles. The molecular formula is C23H35IN6O2. The first-order valence-corrected chi connectivity index (χ1v) is 10.7. The highest BCUT2D eigenvalue weighted by Gasteiger charge is 2.16. The van der Waals surface area contributed by atoms with Gasteiger partial charge in [-0.25, -0.2) is 4.98 Å². The number of ether oxygens (including phenoxy) is 2. The minimum Gasteiger partial charge on any atom is -0.493 e. The van der Waals surface area contributed by atoms with Crippen molar-refractivity contribution in [3.63, 3.8) is 0 Å². The number of halogens is 1. The Balaban J connectivity index is 0.00000363. The number of guanidine groups is 1. The van der Waals surface area contributed by atoms with Crippen LogP contribution >= 0.6 is 24.0 Å². The van der Waals surface area contributed by atoms with Gasteiger partial charge in [-0.05, 0) is 41.9 Å². The van der Waals surface area contributed by atoms with Crippen LogP contribution in [0, 0.1) is 0 Å². The predicted molar refractivity (Wildman–Crippen MR) is 141 cm³/mol. The van der Waals surface area contributed by atoms with E-state index in [1.54, 1.807) is 21.3 Å². The van der Waals surface area contributed by atoms with Crippen molar-refractivity contribution in [2.24, 2.45) is 4.99 Å². The van der Waals surface area contributed by atoms with Crippen molar-refractivity contribution in [2.75, 3.05) is 58.9 Å². The van der Waals surface area contributed by atoms with Crippen LogP contribution in [0.4, 0.5) is 5.82 Å². The van der Waals surface area contributed by atoms with E-state index in [0.29, 0.717) is 18.8 Å². The summed E-state index contributed by atoms with van der Waals surface area (Å²) in [6.45, 7) is 8.85. The van der Waals surface area contributed by atoms with Gasteiger partial charge in [0, 0.05) is 52.5 Å². The molecule has 1 fully saturated rings. The molecule has 1 aromatic heterocycles. The van der Waals surface area contributed by atoms with Crippen molar-refractivity contribution in [3.05, 3.63) is 47.7 Å². The Labute approximate surface area is 208 Å². The lowest BCUT2D eigenvalue weighted by atomic mass is 10.2. The van der Waals surface area contributed by atoms with Crippen LogP contribution in [0.2, 0.25) is 0 Å². The van der Waals surface area contributed by atoms with Crippen molar-refractivity contribution >= 4 is 35.8 Å². The summed E-state index contributed by atoms with van der Waals surface area (Å²) in [6, 6.07) is 10.1. The first kappa shape index (κ1) is 26.0. The Morgan fingerprint density at radius 1 is 0.969 bits per heavy atom. The van der Waals surface area contributed by atoms with Crippen LogP contribution in [0.25, 0.3) is 0 Å². The molecular weight excluding hydrogens is 519 g/mol. The second-order valence-corrected chi connectivity index (χ2v) is 7.41. The van der Waals surface area contributed by atoms with E-state index in [-0.39, 0.29) is 24.0 Å². The zero-order valence-electron chi connectivity index (χ0n) is 19.4. The molecule has 0 unspecified atom stereocenters. The molecule has 9 heteroatoms. The van der Waals surface area contributed by atoms with Gasteiger partial charge in [-0.2, -0.15) is 0 Å². The van der Waals surface area contributed by atoms with Gasteiger partial charge in [-0.3, -0.25) is 4.99 Å². The van der Waals surface area contributed by atoms with Crippen molar-refractivity contribution in [1.29, 1.82) is 0 Å². The molecule has 2 heterocycles. The second-order valence-electron chi connectivity index (χ2n) is 7.41. The maximum atomic E-state index is 5.38. The fraction of sp³-hybridized carbons (Fsp3) is 0.478. The highest BCUT2D eigenvalue weighted by Crippen LogP contribution is 2.27. The zero-order valence-corrected chi connectivity index (χ0v) is 21.8. The number of nitrogens with zero attached hydrogens (tertiary/aromatic N) is 4. The van der Waals surface area contributed by atoms with Gasteiger partial charge in [0.15, 0.2) is 17.5 Å². The number of aromatic nitrogens is 1. The second kappa shape index (κ2) is 13.3. The minimum atomic E-state index is 0. The molecule has 176 valence electrons. The van der Waals surface area contributed by atoms with Gasteiger partial charge in [-0.15, -0.1) is 24.0 Å². The standard InChI is InChI=1S/C23H34N6O2.HI/c1-5-28-10-12-29(13-11-28)22-15-19(8-9-25-22)17-27-23(24-2)26-16-18-6-7-20(30-3)21(14-18)31-4;/h6-9,14-15H,5,10-13,16-17H2,1-4H3,(H2,24,26,27);1H. The maximum Gasteiger partial charge on any atom is 0.191 e. The van der Waals surface area contributed by atoms with Gasteiger partial charge in [0.1, 0.15) is 5.82 Å². The van der Waals surface area contributed by atoms with Gasteiger partial charge in [0.05, 0.1) is 14.2 Å². The van der Waals surface area contributed by atoms with E-state index in [2.05, 4.69) is 43.4 Å². The van der Waals surface area contributed by atoms with Crippen LogP contribution in [-0.4, -0.2) is 69.8 Å². The zero-order chi connectivity index (χ0) is 22.1. The summed E-state index contributed by atoms with van der Waals surface area (Å²) in [5.74, 6) is 3.22. The van der Waals surface area contributed by atoms with Gasteiger partial charge >= 0.3 is 0 Å². The molecule has 0 aliphatic carbocycles. The Morgan fingerprint density at radius 2 is 1.62 bits per heavy atom. The van der Waals surface area contributed by atoms with Crippen LogP contribution in [0.5, 0.6) is 11.5 Å². The molecule has 2 aromatic rings. The predicted octanol–water partition coefficient (Wildman–Crippen LogP) is 2.72. The maximum absolute atomic E-state index is 5.38. The van der Waals surface area contributed by atoms with Crippen LogP contribution in [0.15, 0.2) is 41.5 Å². The SMILES string of the molecule is CCN1CCN(c2cc(CNC(=NC)NCc3ccc(OC)c(OC)c3)ccn2)CC1.I. The first-order chi connectivity index (χ1) is 15.2. The molecule has 1 aromatic carbocycles. The molecule has 3 rings (SSSR count). The number of pyridine rings is 1. The fourth-order valence-electron chi connectivity index (χ4n) is 3.62. The summed E-state index contributed by atoms with van der Waals surface area (Å²) < 4.78 is 10.7. The van der Waals surface area contributed by atoms with Gasteiger partial charge < -0.3 is 29.9 Å². The Kier molecular flexibility index (Phi) is 10.8. The molecule has 8 nitrogen and oxygen atoms in total. The third kappa shape index (κ3) is 7.13. The summed E-state index contributed by atoms with van der Waals surface area (Å²) in [4.78, 5) is 13.7. The number of nitrogens with one attached hydrogen (secondary N) is 2. The lowest BCUT2D eigenvalue weighted by molar-refractivity contribution is 0.270. The van der Waals surface area contributed by atoms with E-state index >= 15 is 0 Å². The fourth-order valence-corrected chi connectivity index (χ4v) is 3.62. The average Bonchev–Trinajstić information content (AvgIpc) is 2.84. The number of piperazine rings is 1. The van der Waals surface area contributed by atoms with Gasteiger partial charge in [0.2, 0.25) is 0 Å². The topological polar surface area (TPSA) is 74.2 Å². The Hall–Kier alpha value is -2.27. The lowest BCUT2D eigenvalue weighted by Crippen LogP contribution is -2.46. The number of hydrogen-bond acceptors (Lipinski definition) is 6. The molecule has 0 atom stereocenters. The summed E-state index contributed by atoms with van der Waals surface area (Å²) in [5, 5.41) is 6.73. The summed E-state index contributed by atoms with van der Waals surface area (Å²) >= 11 is 0. The highest BCUT2D eigenvalue weighted by molar-refractivity contribution is 14.0. The number of anilines is 1. The first-order valence-electron chi connectivity index (χ1n) is 10.7. The van der Waals surface area contributed by atoms with Crippen LogP contribution in [0.1, 0.15) is 18.1 Å². The van der Waals surface area contributed by atoms with E-state index in [1.807, 2.05) is 30.5 Å². The number of rotatable bonds is 8. The highest BCUT2D eigenvalue weighted by atomic mass is 127. The number of aliphatic imine (C=N–C) groups is 1. The van der Waals surface area contributed by atoms with Gasteiger partial charge in [0.25, 0.3) is 0 Å². The number of methoxy groups -OCH3 is 2. The smallest absolute Gasteiger partial charge is 0.191 e. The normalized spacial score (nSPS) is 14.5. The molecule has 0 amide bonds. The van der Waals surface area contributed by atoms with E-state index in [0.717, 1.165) is 55.8 Å². The summed E-state index contributed by atoms with van der Waals surface area (Å²) in [6.07, 6.45) is 1.89. The molecule has 1 aliphatic heterocycles. The minimum absolute atomic E-state index is 0. The van der Waals surface area contributed by atoms with Crippen molar-refractivity contribution in [1.82, 2.24) is 20.5 Å². The van der Waals surface area contributed by atoms with Crippen molar-refractivity contribution in [3.8, 4) is 11.5 Å². The third-order valence-corrected chi connectivity index (χ3v) is 5.54. The summed E-state index contributed by atoms with van der Waals surface area (Å²) in [7, 11) is 5.05. The monoisotopic (exact) mass is 554 g/mol. The molecule has 0 saturated carbocycles. The molecule has 2 N–H and O–H groups in total. The molecule has 0 bridgehead atoms. The summed E-state index contributed by atoms with van der Waals surface area (Å²) in [5.41, 5.74) is 2.26. The van der Waals surface area contributed by atoms with E-state index in [9.17, 15) is 0 Å². The molecule has 0 spiro atoms. The Morgan fingerprint density at radius 3 is 2.22 bits per heavy atom. The molecule has 32 heavy (non-hydrogen) atoms. The van der Waals surface area contributed by atoms with E-state index in [4.69, 9.17) is 9.47 Å². The van der Waals surface area contributed by atoms with Crippen LogP contribution in [0.3, 0.4) is 0 Å². The number of likely N-dealkylation sites (N-methyl/N-ethyl adjacent to an activating group) is 1. The molecule has 1 aliphatic rings. The van der Waals surface area contributed by atoms with Crippen molar-refractivity contribution < 1.29 is 9.47 Å². The van der Waals surface area contributed by atoms with Crippen molar-refractivity contribution in [2.45, 2.75) is 20.0 Å². The number of hydrogen-bond donors (Lipinski definition) is 2. The van der Waals surface area contributed by atoms with Crippen LogP contribution < -0.4 is 25.0 Å². The van der Waals surface area contributed by atoms with Gasteiger partial charge in [-0.1, -0.05) is 13.0 Å². The Bertz CT molecular complexity index is 871. The third-order valence-electron chi connectivity index (χ3n) is 5.54. The van der Waals surface area contributed by atoms with E-state index in [1.165, 1.54) is 5.56 Å². The quantitative estimate of drug-likeness (QED) is 0.296. The number of benzene rings is 1. The van der Waals surface area contributed by atoms with E-state index < -0.39 is 0 Å². The molecule has 0 radical (unpaired) electrons. The lowest BCUT2D eigenvalue weighted by Gasteiger charge is -2.34.